The van der Waals surface area contributed by atoms with Gasteiger partial charge in [-0.25, -0.2) is 9.37 Å². The topological polar surface area (TPSA) is 41.6 Å². The minimum Gasteiger partial charge on any atom is -0.296 e. The number of rotatable bonds is 1. The fourth-order valence-electron chi connectivity index (χ4n) is 2.21. The van der Waals surface area contributed by atoms with E-state index in [1.54, 1.807) is 6.07 Å². The summed E-state index contributed by atoms with van der Waals surface area (Å²) in [6, 6.07) is 14.1. The molecule has 0 radical (unpaired) electrons. The molecule has 1 heterocycles. The second-order valence-electron chi connectivity index (χ2n) is 4.26. The molecule has 3 rings (SSSR count). The first-order valence-corrected chi connectivity index (χ1v) is 5.85. The monoisotopic (exact) mass is 251 g/mol. The number of halogens is 1. The van der Waals surface area contributed by atoms with E-state index in [-0.39, 0.29) is 5.56 Å². The van der Waals surface area contributed by atoms with Crippen molar-refractivity contribution in [1.82, 2.24) is 9.55 Å². The minimum atomic E-state index is -0.516. The summed E-state index contributed by atoms with van der Waals surface area (Å²) in [5.74, 6) is 0.266. The van der Waals surface area contributed by atoms with E-state index in [4.69, 9.17) is 5.26 Å². The van der Waals surface area contributed by atoms with Crippen molar-refractivity contribution in [3.05, 3.63) is 59.7 Å². The van der Waals surface area contributed by atoms with E-state index in [0.717, 1.165) is 16.9 Å². The lowest BCUT2D eigenvalue weighted by Crippen LogP contribution is -1.98. The SMILES string of the molecule is Cc1nc2ccccc2n1-c1ccc(C#N)c(F)c1. The van der Waals surface area contributed by atoms with Crippen molar-refractivity contribution in [3.63, 3.8) is 0 Å². The maximum Gasteiger partial charge on any atom is 0.143 e. The number of nitriles is 1. The van der Waals surface area contributed by atoms with Crippen molar-refractivity contribution in [2.45, 2.75) is 6.92 Å². The van der Waals surface area contributed by atoms with Crippen molar-refractivity contribution in [2.75, 3.05) is 0 Å². The van der Waals surface area contributed by atoms with Crippen molar-refractivity contribution < 1.29 is 4.39 Å². The predicted octanol–water partition coefficient (Wildman–Crippen LogP) is 3.34. The summed E-state index contributed by atoms with van der Waals surface area (Å²) in [6.45, 7) is 1.87. The van der Waals surface area contributed by atoms with Crippen molar-refractivity contribution in [1.29, 1.82) is 5.26 Å². The number of para-hydroxylation sites is 2. The summed E-state index contributed by atoms with van der Waals surface area (Å²) in [5.41, 5.74) is 2.50. The third-order valence-electron chi connectivity index (χ3n) is 3.06. The van der Waals surface area contributed by atoms with Gasteiger partial charge in [0, 0.05) is 0 Å². The minimum absolute atomic E-state index is 0.0471. The second kappa shape index (κ2) is 4.21. The van der Waals surface area contributed by atoms with Crippen LogP contribution in [0.1, 0.15) is 11.4 Å². The molecule has 19 heavy (non-hydrogen) atoms. The summed E-state index contributed by atoms with van der Waals surface area (Å²) in [5, 5.41) is 8.76. The van der Waals surface area contributed by atoms with Crippen LogP contribution in [-0.4, -0.2) is 9.55 Å². The Morgan fingerprint density at radius 2 is 2.00 bits per heavy atom. The number of benzene rings is 2. The number of aryl methyl sites for hydroxylation is 1. The molecule has 1 aromatic heterocycles. The van der Waals surface area contributed by atoms with Gasteiger partial charge in [-0.2, -0.15) is 5.26 Å². The van der Waals surface area contributed by atoms with Crippen molar-refractivity contribution in [3.8, 4) is 11.8 Å². The van der Waals surface area contributed by atoms with Gasteiger partial charge in [-0.1, -0.05) is 12.1 Å². The first-order chi connectivity index (χ1) is 9.20. The van der Waals surface area contributed by atoms with E-state index in [0.29, 0.717) is 5.69 Å². The van der Waals surface area contributed by atoms with Gasteiger partial charge >= 0.3 is 0 Å². The Morgan fingerprint density at radius 1 is 1.21 bits per heavy atom. The Bertz CT molecular complexity index is 812. The quantitative estimate of drug-likeness (QED) is 0.665. The maximum atomic E-state index is 13.7. The Morgan fingerprint density at radius 3 is 2.74 bits per heavy atom. The summed E-state index contributed by atoms with van der Waals surface area (Å²) < 4.78 is 15.6. The first-order valence-electron chi connectivity index (χ1n) is 5.85. The lowest BCUT2D eigenvalue weighted by atomic mass is 10.2. The fourth-order valence-corrected chi connectivity index (χ4v) is 2.21. The molecule has 0 aliphatic carbocycles. The molecule has 3 nitrogen and oxygen atoms in total. The van der Waals surface area contributed by atoms with Crippen LogP contribution in [0.4, 0.5) is 4.39 Å². The highest BCUT2D eigenvalue weighted by molar-refractivity contribution is 5.78. The van der Waals surface area contributed by atoms with Gasteiger partial charge in [0.15, 0.2) is 0 Å². The van der Waals surface area contributed by atoms with Gasteiger partial charge < -0.3 is 0 Å². The van der Waals surface area contributed by atoms with E-state index < -0.39 is 5.82 Å². The van der Waals surface area contributed by atoms with Gasteiger partial charge in [-0.15, -0.1) is 0 Å². The average molecular weight is 251 g/mol. The highest BCUT2D eigenvalue weighted by atomic mass is 19.1. The summed E-state index contributed by atoms with van der Waals surface area (Å²) in [4.78, 5) is 4.44. The van der Waals surface area contributed by atoms with Crippen molar-refractivity contribution >= 4 is 11.0 Å². The molecule has 4 heteroatoms. The van der Waals surface area contributed by atoms with Crippen LogP contribution in [-0.2, 0) is 0 Å². The lowest BCUT2D eigenvalue weighted by Gasteiger charge is -2.07. The number of nitrogens with zero attached hydrogens (tertiary/aromatic N) is 3. The van der Waals surface area contributed by atoms with Gasteiger partial charge in [-0.05, 0) is 37.3 Å². The van der Waals surface area contributed by atoms with E-state index >= 15 is 0 Å². The molecule has 0 saturated carbocycles. The number of imidazole rings is 1. The highest BCUT2D eigenvalue weighted by Crippen LogP contribution is 2.22. The molecule has 0 amide bonds. The standard InChI is InChI=1S/C15H10FN3/c1-10-18-14-4-2-3-5-15(14)19(10)12-7-6-11(9-17)13(16)8-12/h2-8H,1H3. The molecule has 0 aliphatic rings. The largest absolute Gasteiger partial charge is 0.296 e. The van der Waals surface area contributed by atoms with E-state index in [1.807, 2.05) is 41.8 Å². The number of hydrogen-bond acceptors (Lipinski definition) is 2. The highest BCUT2D eigenvalue weighted by Gasteiger charge is 2.10. The zero-order chi connectivity index (χ0) is 13.4. The van der Waals surface area contributed by atoms with Crippen LogP contribution in [0.2, 0.25) is 0 Å². The van der Waals surface area contributed by atoms with E-state index in [9.17, 15) is 4.39 Å². The van der Waals surface area contributed by atoms with E-state index in [1.165, 1.54) is 12.1 Å². The van der Waals surface area contributed by atoms with Gasteiger partial charge in [0.05, 0.1) is 22.3 Å². The molecule has 0 bridgehead atoms. The maximum absolute atomic E-state index is 13.7. The molecule has 0 atom stereocenters. The van der Waals surface area contributed by atoms with Gasteiger partial charge in [0.25, 0.3) is 0 Å². The molecule has 0 N–H and O–H groups in total. The van der Waals surface area contributed by atoms with Crippen LogP contribution in [0.25, 0.3) is 16.7 Å². The molecule has 0 unspecified atom stereocenters. The summed E-state index contributed by atoms with van der Waals surface area (Å²) in [6.07, 6.45) is 0. The van der Waals surface area contributed by atoms with E-state index in [2.05, 4.69) is 4.98 Å². The number of fused-ring (bicyclic) bond motifs is 1. The molecule has 3 aromatic rings. The molecular weight excluding hydrogens is 241 g/mol. The zero-order valence-electron chi connectivity index (χ0n) is 10.3. The van der Waals surface area contributed by atoms with Gasteiger partial charge in [0.1, 0.15) is 17.7 Å². The van der Waals surface area contributed by atoms with Crippen LogP contribution in [0.15, 0.2) is 42.5 Å². The molecule has 0 fully saturated rings. The number of aromatic nitrogens is 2. The van der Waals surface area contributed by atoms with Crippen LogP contribution in [0.5, 0.6) is 0 Å². The van der Waals surface area contributed by atoms with Crippen LogP contribution < -0.4 is 0 Å². The Labute approximate surface area is 109 Å². The molecule has 2 aromatic carbocycles. The average Bonchev–Trinajstić information content (AvgIpc) is 2.74. The third-order valence-corrected chi connectivity index (χ3v) is 3.06. The summed E-state index contributed by atoms with van der Waals surface area (Å²) in [7, 11) is 0. The molecule has 0 spiro atoms. The van der Waals surface area contributed by atoms with Crippen molar-refractivity contribution in [2.24, 2.45) is 0 Å². The molecule has 0 saturated heterocycles. The normalized spacial score (nSPS) is 10.6. The Balaban J connectivity index is 2.28. The van der Waals surface area contributed by atoms with Crippen LogP contribution in [0, 0.1) is 24.1 Å². The molecular formula is C15H10FN3. The Kier molecular flexibility index (Phi) is 2.53. The third kappa shape index (κ3) is 1.76. The Hall–Kier alpha value is -2.67. The smallest absolute Gasteiger partial charge is 0.143 e. The first kappa shape index (κ1) is 11.4. The van der Waals surface area contributed by atoms with Gasteiger partial charge in [-0.3, -0.25) is 4.57 Å². The van der Waals surface area contributed by atoms with Crippen LogP contribution in [0.3, 0.4) is 0 Å². The second-order valence-corrected chi connectivity index (χ2v) is 4.26. The predicted molar refractivity (Wildman–Crippen MR) is 70.5 cm³/mol. The van der Waals surface area contributed by atoms with Gasteiger partial charge in [0.2, 0.25) is 0 Å². The van der Waals surface area contributed by atoms with Crippen LogP contribution >= 0.6 is 0 Å². The lowest BCUT2D eigenvalue weighted by molar-refractivity contribution is 0.622. The molecule has 0 aliphatic heterocycles. The number of hydrogen-bond donors (Lipinski definition) is 0. The fraction of sp³-hybridized carbons (Fsp3) is 0.0667. The summed E-state index contributed by atoms with van der Waals surface area (Å²) >= 11 is 0. The molecule has 92 valence electrons. The zero-order valence-corrected chi connectivity index (χ0v) is 10.3.